The van der Waals surface area contributed by atoms with E-state index in [4.69, 9.17) is 9.47 Å². The summed E-state index contributed by atoms with van der Waals surface area (Å²) in [7, 11) is 0. The Morgan fingerprint density at radius 3 is 1.66 bits per heavy atom. The van der Waals surface area contributed by atoms with Crippen LogP contribution in [0.5, 0.6) is 23.0 Å². The fraction of sp³-hybridized carbons (Fsp3) is 0. The van der Waals surface area contributed by atoms with Crippen molar-refractivity contribution in [3.63, 3.8) is 0 Å². The average molecular weight is 785 g/mol. The number of benzene rings is 9. The maximum Gasteiger partial charge on any atom is 0.256 e. The zero-order valence-electron chi connectivity index (χ0n) is 33.2. The standard InChI is InChI=1S/C54H30B3N3O2/c1-2-14-31(15-3-1)58-41-23-9-5-18-34(41)56-38-28-39-48(30-47(38)61-46-27-13-26-44(58)50(46)56)62-49-29-45-51-54-52(49)57(39)36-20-7-11-25-43(36)60(54)42-24-10-6-19-35(42)55(51)37-21-12-17-33-32-16-4-8-22-40(32)59(45)53(33)37/h1-30H. The third-order valence-corrected chi connectivity index (χ3v) is 14.7. The summed E-state index contributed by atoms with van der Waals surface area (Å²) >= 11 is 0. The van der Waals surface area contributed by atoms with E-state index in [1.807, 2.05) is 0 Å². The lowest BCUT2D eigenvalue weighted by atomic mass is 9.28. The number of anilines is 6. The van der Waals surface area contributed by atoms with Crippen molar-refractivity contribution in [1.82, 2.24) is 4.57 Å². The molecule has 0 spiro atoms. The first-order valence-corrected chi connectivity index (χ1v) is 21.6. The van der Waals surface area contributed by atoms with Crippen LogP contribution < -0.4 is 68.4 Å². The van der Waals surface area contributed by atoms with Crippen molar-refractivity contribution < 1.29 is 9.47 Å². The molecule has 7 heterocycles. The SMILES string of the molecule is c1ccc(N2c3ccccc3B3c4cc5c(cc4Oc4cccc2c43)Oc2cc3c4c6c2B5c2ccccc2N6c2ccccc2B4c2cccc4c5ccccc5n-3c24)cc1. The second-order valence-electron chi connectivity index (χ2n) is 17.5. The summed E-state index contributed by atoms with van der Waals surface area (Å²) in [4.78, 5) is 4.95. The number of ether oxygens (including phenoxy) is 2. The van der Waals surface area contributed by atoms with Gasteiger partial charge >= 0.3 is 0 Å². The number of aromatic nitrogens is 1. The molecule has 0 N–H and O–H groups in total. The van der Waals surface area contributed by atoms with Crippen LogP contribution in [0.4, 0.5) is 34.1 Å². The molecule has 9 aromatic carbocycles. The summed E-state index contributed by atoms with van der Waals surface area (Å²) < 4.78 is 16.9. The van der Waals surface area contributed by atoms with E-state index in [0.717, 1.165) is 34.4 Å². The molecule has 0 fully saturated rings. The van der Waals surface area contributed by atoms with E-state index < -0.39 is 0 Å². The molecule has 6 aliphatic rings. The van der Waals surface area contributed by atoms with Gasteiger partial charge in [-0.15, -0.1) is 0 Å². The molecule has 1 aromatic heterocycles. The highest BCUT2D eigenvalue weighted by Gasteiger charge is 2.51. The van der Waals surface area contributed by atoms with Crippen LogP contribution in [0.3, 0.4) is 0 Å². The van der Waals surface area contributed by atoms with E-state index in [9.17, 15) is 0 Å². The first-order valence-electron chi connectivity index (χ1n) is 21.6. The maximum atomic E-state index is 7.35. The van der Waals surface area contributed by atoms with Crippen molar-refractivity contribution in [3.05, 3.63) is 182 Å². The Balaban J connectivity index is 0.985. The first kappa shape index (κ1) is 32.0. The Morgan fingerprint density at radius 1 is 0.339 bits per heavy atom. The van der Waals surface area contributed by atoms with Crippen molar-refractivity contribution in [3.8, 4) is 28.7 Å². The Labute approximate surface area is 358 Å². The molecule has 0 bridgehead atoms. The van der Waals surface area contributed by atoms with E-state index in [1.54, 1.807) is 0 Å². The predicted octanol–water partition coefficient (Wildman–Crippen LogP) is 6.74. The van der Waals surface area contributed by atoms with Gasteiger partial charge in [0.05, 0.1) is 5.52 Å². The highest BCUT2D eigenvalue weighted by atomic mass is 16.5. The van der Waals surface area contributed by atoms with E-state index in [2.05, 4.69) is 196 Å². The quantitative estimate of drug-likeness (QED) is 0.173. The van der Waals surface area contributed by atoms with E-state index in [1.165, 1.54) is 99.4 Å². The van der Waals surface area contributed by atoms with Crippen molar-refractivity contribution in [1.29, 1.82) is 0 Å². The summed E-state index contributed by atoms with van der Waals surface area (Å²) in [6, 6.07) is 67.0. The largest absolute Gasteiger partial charge is 0.458 e. The smallest absolute Gasteiger partial charge is 0.256 e. The van der Waals surface area contributed by atoms with Crippen LogP contribution in [0.2, 0.25) is 0 Å². The minimum absolute atomic E-state index is 0.0257. The number of hydrogen-bond donors (Lipinski definition) is 0. The molecule has 0 amide bonds. The van der Waals surface area contributed by atoms with Gasteiger partial charge in [0.25, 0.3) is 20.1 Å². The number of fused-ring (bicyclic) bond motifs is 17. The van der Waals surface area contributed by atoms with Gasteiger partial charge < -0.3 is 23.8 Å². The van der Waals surface area contributed by atoms with Crippen LogP contribution >= 0.6 is 0 Å². The van der Waals surface area contributed by atoms with Crippen LogP contribution in [0.25, 0.3) is 27.5 Å². The zero-order valence-corrected chi connectivity index (χ0v) is 33.2. The molecule has 0 aliphatic carbocycles. The molecule has 0 radical (unpaired) electrons. The number of nitrogens with zero attached hydrogens (tertiary/aromatic N) is 3. The van der Waals surface area contributed by atoms with Crippen molar-refractivity contribution in [2.24, 2.45) is 0 Å². The average Bonchev–Trinajstić information content (AvgIpc) is 3.67. The second-order valence-corrected chi connectivity index (χ2v) is 17.5. The molecule has 0 saturated heterocycles. The monoisotopic (exact) mass is 785 g/mol. The van der Waals surface area contributed by atoms with Gasteiger partial charge in [-0.25, -0.2) is 0 Å². The molecule has 16 rings (SSSR count). The summed E-state index contributed by atoms with van der Waals surface area (Å²) in [6.45, 7) is -0.0291. The van der Waals surface area contributed by atoms with Crippen LogP contribution in [-0.4, -0.2) is 24.7 Å². The van der Waals surface area contributed by atoms with Gasteiger partial charge in [-0.05, 0) is 97.7 Å². The van der Waals surface area contributed by atoms with E-state index >= 15 is 0 Å². The topological polar surface area (TPSA) is 29.9 Å². The molecular formula is C54H30B3N3O2. The normalized spacial score (nSPS) is 14.5. The van der Waals surface area contributed by atoms with Crippen LogP contribution in [0, 0.1) is 0 Å². The lowest BCUT2D eigenvalue weighted by Gasteiger charge is -2.47. The van der Waals surface area contributed by atoms with Crippen LogP contribution in [0.15, 0.2) is 182 Å². The predicted molar refractivity (Wildman–Crippen MR) is 257 cm³/mol. The fourth-order valence-electron chi connectivity index (χ4n) is 12.4. The number of para-hydroxylation sites is 6. The van der Waals surface area contributed by atoms with Crippen molar-refractivity contribution in [2.45, 2.75) is 0 Å². The van der Waals surface area contributed by atoms with Crippen molar-refractivity contribution >= 4 is 125 Å². The van der Waals surface area contributed by atoms with Gasteiger partial charge in [0.15, 0.2) is 0 Å². The second kappa shape index (κ2) is 11.1. The van der Waals surface area contributed by atoms with E-state index in [-0.39, 0.29) is 20.1 Å². The van der Waals surface area contributed by atoms with Gasteiger partial charge in [0, 0.05) is 68.2 Å². The summed E-state index contributed by atoms with van der Waals surface area (Å²) in [6.07, 6.45) is 0. The molecule has 6 aliphatic heterocycles. The molecule has 282 valence electrons. The minimum atomic E-state index is -0.0624. The number of rotatable bonds is 1. The lowest BCUT2D eigenvalue weighted by Crippen LogP contribution is -2.68. The van der Waals surface area contributed by atoms with Crippen LogP contribution in [-0.2, 0) is 0 Å². The van der Waals surface area contributed by atoms with Crippen molar-refractivity contribution in [2.75, 3.05) is 9.80 Å². The minimum Gasteiger partial charge on any atom is -0.458 e. The molecule has 0 atom stereocenters. The summed E-state index contributed by atoms with van der Waals surface area (Å²) in [5, 5.41) is 2.55. The molecule has 10 aromatic rings. The third-order valence-electron chi connectivity index (χ3n) is 14.7. The summed E-state index contributed by atoms with van der Waals surface area (Å²) in [5.74, 6) is 3.48. The Bertz CT molecular complexity index is 3710. The van der Waals surface area contributed by atoms with Gasteiger partial charge in [-0.1, -0.05) is 121 Å². The van der Waals surface area contributed by atoms with Crippen LogP contribution in [0.1, 0.15) is 0 Å². The number of hydrogen-bond acceptors (Lipinski definition) is 4. The lowest BCUT2D eigenvalue weighted by molar-refractivity contribution is 0.465. The Hall–Kier alpha value is -7.83. The van der Waals surface area contributed by atoms with Gasteiger partial charge in [0.1, 0.15) is 23.0 Å². The molecule has 8 heteroatoms. The zero-order chi connectivity index (χ0) is 39.9. The molecule has 0 saturated carbocycles. The third kappa shape index (κ3) is 3.70. The van der Waals surface area contributed by atoms with Gasteiger partial charge in [-0.3, -0.25) is 0 Å². The van der Waals surface area contributed by atoms with Gasteiger partial charge in [-0.2, -0.15) is 0 Å². The maximum absolute atomic E-state index is 7.35. The molecular weight excluding hydrogens is 755 g/mol. The molecule has 0 unspecified atom stereocenters. The highest BCUT2D eigenvalue weighted by Crippen LogP contribution is 2.47. The Kier molecular flexibility index (Phi) is 5.73. The van der Waals surface area contributed by atoms with E-state index in [0.29, 0.717) is 0 Å². The summed E-state index contributed by atoms with van der Waals surface area (Å²) in [5.41, 5.74) is 22.2. The fourth-order valence-corrected chi connectivity index (χ4v) is 12.4. The molecule has 62 heavy (non-hydrogen) atoms. The van der Waals surface area contributed by atoms with Gasteiger partial charge in [0.2, 0.25) is 0 Å². The first-order chi connectivity index (χ1) is 30.8. The highest BCUT2D eigenvalue weighted by molar-refractivity contribution is 7.05. The Morgan fingerprint density at radius 2 is 0.903 bits per heavy atom. The molecule has 5 nitrogen and oxygen atoms in total.